The van der Waals surface area contributed by atoms with Gasteiger partial charge in [0.2, 0.25) is 5.91 Å². The van der Waals surface area contributed by atoms with Crippen molar-refractivity contribution in [2.45, 2.75) is 32.4 Å². The highest BCUT2D eigenvalue weighted by Gasteiger charge is 2.39. The van der Waals surface area contributed by atoms with Crippen LogP contribution in [0.5, 0.6) is 0 Å². The number of sulfone groups is 1. The minimum absolute atomic E-state index is 0.0107. The first kappa shape index (κ1) is 16.0. The highest BCUT2D eigenvalue weighted by atomic mass is 32.2. The van der Waals surface area contributed by atoms with Crippen LogP contribution in [-0.4, -0.2) is 43.3 Å². The van der Waals surface area contributed by atoms with Crippen molar-refractivity contribution in [3.05, 3.63) is 35.4 Å². The minimum Gasteiger partial charge on any atom is -0.340 e. The molecule has 1 aromatic carbocycles. The van der Waals surface area contributed by atoms with Crippen molar-refractivity contribution < 1.29 is 13.2 Å². The second-order valence-corrected chi connectivity index (χ2v) is 8.64. The number of carbonyl (C=O) groups excluding carboxylic acids is 1. The first-order valence-electron chi connectivity index (χ1n) is 7.33. The van der Waals surface area contributed by atoms with Crippen molar-refractivity contribution in [1.29, 1.82) is 0 Å². The van der Waals surface area contributed by atoms with Gasteiger partial charge in [0.25, 0.3) is 0 Å². The quantitative estimate of drug-likeness (QED) is 0.833. The van der Waals surface area contributed by atoms with Crippen LogP contribution in [0.4, 0.5) is 0 Å². The van der Waals surface area contributed by atoms with Crippen molar-refractivity contribution in [2.24, 2.45) is 5.92 Å². The molecule has 0 aromatic heterocycles. The second kappa shape index (κ2) is 6.18. The number of aryl methyl sites for hydroxylation is 1. The summed E-state index contributed by atoms with van der Waals surface area (Å²) in [7, 11) is -3.06. The molecule has 1 aliphatic heterocycles. The topological polar surface area (TPSA) is 54.5 Å². The summed E-state index contributed by atoms with van der Waals surface area (Å²) in [6.45, 7) is 6.49. The molecule has 0 bridgehead atoms. The van der Waals surface area contributed by atoms with Gasteiger partial charge in [-0.3, -0.25) is 4.79 Å². The van der Waals surface area contributed by atoms with Crippen LogP contribution in [0.1, 0.15) is 25.0 Å². The second-order valence-electron chi connectivity index (χ2n) is 6.31. The molecule has 0 N–H and O–H groups in total. The van der Waals surface area contributed by atoms with E-state index in [9.17, 15) is 13.2 Å². The van der Waals surface area contributed by atoms with Crippen LogP contribution in [0.15, 0.2) is 24.3 Å². The fourth-order valence-electron chi connectivity index (χ4n) is 2.58. The molecule has 0 aliphatic carbocycles. The molecule has 21 heavy (non-hydrogen) atoms. The molecular weight excluding hydrogens is 286 g/mol. The van der Waals surface area contributed by atoms with E-state index in [1.807, 2.05) is 45.0 Å². The van der Waals surface area contributed by atoms with Crippen LogP contribution >= 0.6 is 0 Å². The van der Waals surface area contributed by atoms with Crippen LogP contribution in [0.3, 0.4) is 0 Å². The summed E-state index contributed by atoms with van der Waals surface area (Å²) in [5, 5.41) is -0.374. The molecule has 2 rings (SSSR count). The number of benzene rings is 1. The van der Waals surface area contributed by atoms with E-state index in [4.69, 9.17) is 0 Å². The standard InChI is InChI=1S/C16H23NO3S/c1-12(2)11-21(19,20)15-9-17(10-15)16(18)8-14-6-4-5-13(3)7-14/h4-7,12,15H,8-11H2,1-3H3. The average molecular weight is 309 g/mol. The Bertz CT molecular complexity index is 616. The van der Waals surface area contributed by atoms with E-state index in [1.165, 1.54) is 0 Å². The van der Waals surface area contributed by atoms with Crippen molar-refractivity contribution in [1.82, 2.24) is 4.90 Å². The first-order chi connectivity index (χ1) is 9.78. The third-order valence-electron chi connectivity index (χ3n) is 3.71. The van der Waals surface area contributed by atoms with E-state index in [1.54, 1.807) is 4.90 Å². The minimum atomic E-state index is -3.06. The Morgan fingerprint density at radius 3 is 2.57 bits per heavy atom. The van der Waals surface area contributed by atoms with E-state index >= 15 is 0 Å². The zero-order valence-corrected chi connectivity index (χ0v) is 13.7. The van der Waals surface area contributed by atoms with Gasteiger partial charge in [-0.1, -0.05) is 43.7 Å². The predicted molar refractivity (Wildman–Crippen MR) is 83.9 cm³/mol. The SMILES string of the molecule is Cc1cccc(CC(=O)N2CC(S(=O)(=O)CC(C)C)C2)c1. The first-order valence-corrected chi connectivity index (χ1v) is 9.04. The summed E-state index contributed by atoms with van der Waals surface area (Å²) in [6.07, 6.45) is 0.346. The van der Waals surface area contributed by atoms with Crippen LogP contribution in [0.25, 0.3) is 0 Å². The van der Waals surface area contributed by atoms with Gasteiger partial charge in [-0.15, -0.1) is 0 Å². The fourth-order valence-corrected chi connectivity index (χ4v) is 4.59. The Morgan fingerprint density at radius 1 is 1.33 bits per heavy atom. The van der Waals surface area contributed by atoms with E-state index in [2.05, 4.69) is 0 Å². The third kappa shape index (κ3) is 4.06. The predicted octanol–water partition coefficient (Wildman–Crippen LogP) is 1.82. The number of likely N-dealkylation sites (tertiary alicyclic amines) is 1. The van der Waals surface area contributed by atoms with Crippen molar-refractivity contribution in [2.75, 3.05) is 18.8 Å². The van der Waals surface area contributed by atoms with E-state index in [0.717, 1.165) is 11.1 Å². The molecule has 0 unspecified atom stereocenters. The lowest BCUT2D eigenvalue weighted by molar-refractivity contribution is -0.133. The Hall–Kier alpha value is -1.36. The molecule has 5 heteroatoms. The zero-order chi connectivity index (χ0) is 15.6. The summed E-state index contributed by atoms with van der Waals surface area (Å²) in [6, 6.07) is 7.85. The van der Waals surface area contributed by atoms with Gasteiger partial charge in [-0.2, -0.15) is 0 Å². The highest BCUT2D eigenvalue weighted by Crippen LogP contribution is 2.20. The average Bonchev–Trinajstić information content (AvgIpc) is 2.23. The van der Waals surface area contributed by atoms with Gasteiger partial charge in [0.1, 0.15) is 0 Å². The van der Waals surface area contributed by atoms with E-state index < -0.39 is 9.84 Å². The highest BCUT2D eigenvalue weighted by molar-refractivity contribution is 7.92. The van der Waals surface area contributed by atoms with Gasteiger partial charge in [0.05, 0.1) is 17.4 Å². The third-order valence-corrected chi connectivity index (χ3v) is 6.16. The van der Waals surface area contributed by atoms with Crippen molar-refractivity contribution >= 4 is 15.7 Å². The molecule has 1 heterocycles. The smallest absolute Gasteiger partial charge is 0.227 e. The lowest BCUT2D eigenvalue weighted by atomic mass is 10.1. The van der Waals surface area contributed by atoms with Crippen LogP contribution < -0.4 is 0 Å². The Kier molecular flexibility index (Phi) is 4.71. The lowest BCUT2D eigenvalue weighted by Crippen LogP contribution is -2.58. The maximum atomic E-state index is 12.1. The summed E-state index contributed by atoms with van der Waals surface area (Å²) in [5.41, 5.74) is 2.11. The zero-order valence-electron chi connectivity index (χ0n) is 12.9. The van der Waals surface area contributed by atoms with Gasteiger partial charge in [0, 0.05) is 13.1 Å². The monoisotopic (exact) mass is 309 g/mol. The molecule has 1 fully saturated rings. The van der Waals surface area contributed by atoms with Gasteiger partial charge < -0.3 is 4.90 Å². The maximum Gasteiger partial charge on any atom is 0.227 e. The van der Waals surface area contributed by atoms with Gasteiger partial charge >= 0.3 is 0 Å². The maximum absolute atomic E-state index is 12.1. The number of rotatable bonds is 5. The molecule has 116 valence electrons. The van der Waals surface area contributed by atoms with Crippen LogP contribution in [-0.2, 0) is 21.1 Å². The normalized spacial score (nSPS) is 16.1. The van der Waals surface area contributed by atoms with Crippen LogP contribution in [0, 0.1) is 12.8 Å². The molecule has 0 saturated carbocycles. The molecule has 1 aliphatic rings. The van der Waals surface area contributed by atoms with Crippen molar-refractivity contribution in [3.63, 3.8) is 0 Å². The summed E-state index contributed by atoms with van der Waals surface area (Å²) in [5.74, 6) is 0.348. The Labute approximate surface area is 127 Å². The Balaban J connectivity index is 1.88. The number of amides is 1. The largest absolute Gasteiger partial charge is 0.340 e. The molecule has 1 amide bonds. The van der Waals surface area contributed by atoms with Crippen LogP contribution in [0.2, 0.25) is 0 Å². The van der Waals surface area contributed by atoms with Gasteiger partial charge in [0.15, 0.2) is 9.84 Å². The Morgan fingerprint density at radius 2 is 2.00 bits per heavy atom. The molecular formula is C16H23NO3S. The number of hydrogen-bond donors (Lipinski definition) is 0. The molecule has 0 atom stereocenters. The lowest BCUT2D eigenvalue weighted by Gasteiger charge is -2.39. The van der Waals surface area contributed by atoms with E-state index in [0.29, 0.717) is 19.5 Å². The van der Waals surface area contributed by atoms with E-state index in [-0.39, 0.29) is 22.8 Å². The van der Waals surface area contributed by atoms with Crippen molar-refractivity contribution in [3.8, 4) is 0 Å². The summed E-state index contributed by atoms with van der Waals surface area (Å²) < 4.78 is 24.1. The molecule has 1 saturated heterocycles. The number of carbonyl (C=O) groups is 1. The number of hydrogen-bond acceptors (Lipinski definition) is 3. The summed E-state index contributed by atoms with van der Waals surface area (Å²) in [4.78, 5) is 13.8. The molecule has 1 aromatic rings. The molecule has 4 nitrogen and oxygen atoms in total. The van der Waals surface area contributed by atoms with Gasteiger partial charge in [-0.25, -0.2) is 8.42 Å². The fraction of sp³-hybridized carbons (Fsp3) is 0.562. The summed E-state index contributed by atoms with van der Waals surface area (Å²) >= 11 is 0. The molecule has 0 spiro atoms. The number of nitrogens with zero attached hydrogens (tertiary/aromatic N) is 1. The molecule has 0 radical (unpaired) electrons. The van der Waals surface area contributed by atoms with Gasteiger partial charge in [-0.05, 0) is 18.4 Å².